The predicted molar refractivity (Wildman–Crippen MR) is 203 cm³/mol. The second-order valence-corrected chi connectivity index (χ2v) is 14.8. The van der Waals surface area contributed by atoms with E-state index < -0.39 is 0 Å². The molecule has 4 heteroatoms. The van der Waals surface area contributed by atoms with Crippen LogP contribution in [0.5, 0.6) is 11.5 Å². The minimum atomic E-state index is -0.161. The van der Waals surface area contributed by atoms with Crippen molar-refractivity contribution in [1.29, 1.82) is 0 Å². The first-order valence-electron chi connectivity index (χ1n) is 17.1. The first kappa shape index (κ1) is 29.0. The van der Waals surface area contributed by atoms with Crippen LogP contribution in [0, 0.1) is 13.8 Å². The van der Waals surface area contributed by atoms with Gasteiger partial charge < -0.3 is 15.0 Å². The molecule has 0 bridgehead atoms. The Labute approximate surface area is 284 Å². The van der Waals surface area contributed by atoms with E-state index in [2.05, 4.69) is 167 Å². The monoisotopic (exact) mass is 622 g/mol. The van der Waals surface area contributed by atoms with Crippen LogP contribution in [0.25, 0.3) is 11.1 Å². The van der Waals surface area contributed by atoms with Crippen LogP contribution in [0.2, 0.25) is 0 Å². The molecule has 234 valence electrons. The van der Waals surface area contributed by atoms with E-state index in [1.807, 2.05) is 0 Å². The molecule has 0 amide bonds. The van der Waals surface area contributed by atoms with Crippen LogP contribution in [-0.2, 0) is 10.8 Å². The highest BCUT2D eigenvalue weighted by Crippen LogP contribution is 2.54. The topological polar surface area (TPSA) is 24.5 Å². The summed E-state index contributed by atoms with van der Waals surface area (Å²) in [5.74, 6) is 1.80. The van der Waals surface area contributed by atoms with Gasteiger partial charge in [-0.05, 0) is 101 Å². The van der Waals surface area contributed by atoms with Crippen LogP contribution in [0.4, 0.5) is 28.4 Å². The Kier molecular flexibility index (Phi) is 6.12. The van der Waals surface area contributed by atoms with Gasteiger partial charge >= 0.3 is 0 Å². The summed E-state index contributed by atoms with van der Waals surface area (Å²) in [5, 5.41) is 3.95. The lowest BCUT2D eigenvalue weighted by atomic mass is 9.57. The van der Waals surface area contributed by atoms with Gasteiger partial charge in [-0.1, -0.05) is 106 Å². The first-order chi connectivity index (χ1) is 23.1. The van der Waals surface area contributed by atoms with Gasteiger partial charge in [-0.3, -0.25) is 0 Å². The van der Waals surface area contributed by atoms with Gasteiger partial charge in [0.15, 0.2) is 18.8 Å². The molecule has 48 heavy (non-hydrogen) atoms. The minimum Gasteiger partial charge on any atom is -0.453 e. The zero-order valence-electron chi connectivity index (χ0n) is 28.5. The number of benzene rings is 6. The summed E-state index contributed by atoms with van der Waals surface area (Å²) in [6.45, 7) is 14.0. The van der Waals surface area contributed by atoms with Gasteiger partial charge in [0, 0.05) is 33.5 Å². The highest BCUT2D eigenvalue weighted by atomic mass is 16.5. The number of fused-ring (bicyclic) bond motifs is 6. The Morgan fingerprint density at radius 1 is 0.583 bits per heavy atom. The maximum atomic E-state index is 6.46. The van der Waals surface area contributed by atoms with Crippen molar-refractivity contribution in [3.8, 4) is 22.6 Å². The third-order valence-corrected chi connectivity index (χ3v) is 11.1. The number of nitrogens with zero attached hydrogens (tertiary/aromatic N) is 1. The van der Waals surface area contributed by atoms with Crippen LogP contribution < -0.4 is 25.9 Å². The van der Waals surface area contributed by atoms with Gasteiger partial charge in [0.1, 0.15) is 0 Å². The largest absolute Gasteiger partial charge is 0.453 e. The molecule has 1 N–H and O–H groups in total. The standard InChI is InChI=1S/C44H39BN2O/c1-26-22-29(41-38(23-26)47-37-19-11-12-20-39(37)48-40-21-13-17-34(45-41)42(40)47)28-24-32-33(25-36(28)46-35-18-10-7-14-27(35)2)44(5,6)31-16-9-8-15-30(31)43(32,3)4/h7-25,45-46H,1-6H3. The fourth-order valence-electron chi connectivity index (χ4n) is 8.56. The van der Waals surface area contributed by atoms with Crippen LogP contribution in [-0.4, -0.2) is 7.28 Å². The molecule has 3 nitrogen and oxygen atoms in total. The van der Waals surface area contributed by atoms with Crippen molar-refractivity contribution in [2.75, 3.05) is 10.2 Å². The van der Waals surface area contributed by atoms with Crippen LogP contribution in [0.1, 0.15) is 61.1 Å². The van der Waals surface area contributed by atoms with Crippen molar-refractivity contribution < 1.29 is 4.74 Å². The Bertz CT molecular complexity index is 2320. The SMILES string of the molecule is Cc1cc(-c2cc3c(cc2Nc2ccccc2C)C(C)(C)c2ccccc2C3(C)C)c2c(c1)N1c3ccccc3Oc3cccc(c31)B2. The number of hydrogen-bond acceptors (Lipinski definition) is 3. The van der Waals surface area contributed by atoms with Crippen molar-refractivity contribution in [3.63, 3.8) is 0 Å². The number of hydrogen-bond donors (Lipinski definition) is 1. The van der Waals surface area contributed by atoms with Crippen molar-refractivity contribution >= 4 is 46.6 Å². The van der Waals surface area contributed by atoms with E-state index >= 15 is 0 Å². The second-order valence-electron chi connectivity index (χ2n) is 14.8. The molecule has 0 radical (unpaired) electrons. The van der Waals surface area contributed by atoms with Gasteiger partial charge in [-0.15, -0.1) is 0 Å². The molecule has 1 aliphatic carbocycles. The van der Waals surface area contributed by atoms with Gasteiger partial charge in [0.05, 0.1) is 11.4 Å². The Morgan fingerprint density at radius 3 is 2.02 bits per heavy atom. The molecule has 0 saturated heterocycles. The van der Waals surface area contributed by atoms with Crippen molar-refractivity contribution in [2.24, 2.45) is 0 Å². The summed E-state index contributed by atoms with van der Waals surface area (Å²) in [6, 6.07) is 42.3. The smallest absolute Gasteiger partial charge is 0.198 e. The van der Waals surface area contributed by atoms with Gasteiger partial charge in [-0.25, -0.2) is 0 Å². The molecule has 0 fully saturated rings. The zero-order chi connectivity index (χ0) is 32.9. The van der Waals surface area contributed by atoms with Crippen molar-refractivity contribution in [2.45, 2.75) is 52.4 Å². The van der Waals surface area contributed by atoms with E-state index in [0.717, 1.165) is 41.5 Å². The van der Waals surface area contributed by atoms with Crippen LogP contribution in [0.15, 0.2) is 115 Å². The quantitative estimate of drug-likeness (QED) is 0.199. The molecule has 0 atom stereocenters. The summed E-state index contributed by atoms with van der Waals surface area (Å²) in [7, 11) is 0.828. The first-order valence-corrected chi connectivity index (χ1v) is 17.1. The summed E-state index contributed by atoms with van der Waals surface area (Å²) in [6.07, 6.45) is 0. The summed E-state index contributed by atoms with van der Waals surface area (Å²) < 4.78 is 6.46. The van der Waals surface area contributed by atoms with Crippen molar-refractivity contribution in [3.05, 3.63) is 149 Å². The van der Waals surface area contributed by atoms with E-state index in [1.165, 1.54) is 61.1 Å². The maximum absolute atomic E-state index is 6.46. The Morgan fingerprint density at radius 2 is 1.25 bits per heavy atom. The van der Waals surface area contributed by atoms with Gasteiger partial charge in [0.2, 0.25) is 0 Å². The third-order valence-electron chi connectivity index (χ3n) is 11.1. The third kappa shape index (κ3) is 4.08. The van der Waals surface area contributed by atoms with E-state index in [1.54, 1.807) is 0 Å². The van der Waals surface area contributed by atoms with E-state index in [-0.39, 0.29) is 10.8 Å². The van der Waals surface area contributed by atoms with E-state index in [9.17, 15) is 0 Å². The molecule has 3 aliphatic rings. The number of para-hydroxylation sites is 4. The molecule has 6 aromatic carbocycles. The molecule has 2 heterocycles. The van der Waals surface area contributed by atoms with E-state index in [0.29, 0.717) is 0 Å². The number of anilines is 5. The molecule has 0 saturated carbocycles. The lowest BCUT2D eigenvalue weighted by molar-refractivity contribution is 0.477. The molecule has 6 aromatic rings. The average Bonchev–Trinajstić information content (AvgIpc) is 3.08. The molecular formula is C44H39BN2O. The van der Waals surface area contributed by atoms with Crippen LogP contribution in [0.3, 0.4) is 0 Å². The molecule has 0 aromatic heterocycles. The fraction of sp³-hybridized carbons (Fsp3) is 0.182. The summed E-state index contributed by atoms with van der Waals surface area (Å²) in [5.41, 5.74) is 18.6. The fourth-order valence-corrected chi connectivity index (χ4v) is 8.56. The average molecular weight is 623 g/mol. The van der Waals surface area contributed by atoms with Crippen LogP contribution >= 0.6 is 0 Å². The summed E-state index contributed by atoms with van der Waals surface area (Å²) >= 11 is 0. The predicted octanol–water partition coefficient (Wildman–Crippen LogP) is 9.96. The lowest BCUT2D eigenvalue weighted by Crippen LogP contribution is -2.42. The number of ether oxygens (including phenoxy) is 1. The summed E-state index contributed by atoms with van der Waals surface area (Å²) in [4.78, 5) is 2.44. The molecule has 2 aliphatic heterocycles. The highest BCUT2D eigenvalue weighted by Gasteiger charge is 2.42. The lowest BCUT2D eigenvalue weighted by Gasteiger charge is -2.44. The van der Waals surface area contributed by atoms with Gasteiger partial charge in [-0.2, -0.15) is 0 Å². The Balaban J connectivity index is 1.33. The Hall–Kier alpha value is -5.22. The second kappa shape index (κ2) is 10.1. The van der Waals surface area contributed by atoms with Crippen molar-refractivity contribution in [1.82, 2.24) is 0 Å². The van der Waals surface area contributed by atoms with E-state index in [4.69, 9.17) is 4.74 Å². The maximum Gasteiger partial charge on any atom is 0.198 e. The molecule has 0 spiro atoms. The zero-order valence-corrected chi connectivity index (χ0v) is 28.5. The number of aryl methyl sites for hydroxylation is 2. The number of rotatable bonds is 3. The normalized spacial score (nSPS) is 15.5. The highest BCUT2D eigenvalue weighted by molar-refractivity contribution is 6.73. The molecular weight excluding hydrogens is 583 g/mol. The number of nitrogens with one attached hydrogen (secondary N) is 1. The molecule has 0 unspecified atom stereocenters. The minimum absolute atomic E-state index is 0.152. The van der Waals surface area contributed by atoms with Gasteiger partial charge in [0.25, 0.3) is 0 Å². The molecule has 9 rings (SSSR count).